The van der Waals surface area contributed by atoms with E-state index in [2.05, 4.69) is 15.6 Å². The van der Waals surface area contributed by atoms with Crippen molar-refractivity contribution >= 4 is 35.3 Å². The van der Waals surface area contributed by atoms with Gasteiger partial charge in [0, 0.05) is 5.02 Å². The summed E-state index contributed by atoms with van der Waals surface area (Å²) in [6.45, 7) is 3.66. The van der Waals surface area contributed by atoms with Gasteiger partial charge in [0.15, 0.2) is 6.61 Å². The molecule has 8 heteroatoms. The lowest BCUT2D eigenvalue weighted by Gasteiger charge is -2.04. The van der Waals surface area contributed by atoms with Gasteiger partial charge >= 0.3 is 0 Å². The summed E-state index contributed by atoms with van der Waals surface area (Å²) in [5.74, 6) is 0.146. The molecule has 0 radical (unpaired) electrons. The minimum absolute atomic E-state index is 0.172. The van der Waals surface area contributed by atoms with Crippen LogP contribution < -0.4 is 10.2 Å². The first-order valence-corrected chi connectivity index (χ1v) is 9.22. The number of carbonyl (C=O) groups excluding carboxylic acids is 1. The zero-order valence-electron chi connectivity index (χ0n) is 15.3. The molecule has 1 aromatic heterocycles. The fraction of sp³-hybridized carbons (Fsp3) is 0.150. The van der Waals surface area contributed by atoms with E-state index in [9.17, 15) is 4.79 Å². The zero-order valence-corrected chi connectivity index (χ0v) is 16.8. The van der Waals surface area contributed by atoms with Gasteiger partial charge in [0.05, 0.1) is 23.2 Å². The first-order chi connectivity index (χ1) is 13.4. The van der Waals surface area contributed by atoms with Gasteiger partial charge in [-0.15, -0.1) is 0 Å². The van der Waals surface area contributed by atoms with Crippen LogP contribution in [-0.4, -0.2) is 28.5 Å². The van der Waals surface area contributed by atoms with E-state index >= 15 is 0 Å². The lowest BCUT2D eigenvalue weighted by Crippen LogP contribution is -2.24. The predicted molar refractivity (Wildman–Crippen MR) is 111 cm³/mol. The van der Waals surface area contributed by atoms with Crippen molar-refractivity contribution < 1.29 is 9.53 Å². The van der Waals surface area contributed by atoms with E-state index in [4.69, 9.17) is 27.9 Å². The van der Waals surface area contributed by atoms with Crippen LogP contribution in [0.25, 0.3) is 5.69 Å². The molecular formula is C20H18Cl2N4O2. The SMILES string of the molecule is Cc1ccc(-n2nc(C)c(/C=N\NC(=O)COc3ccc(Cl)cc3)c2Cl)cc1. The second-order valence-corrected chi connectivity index (χ2v) is 6.87. The average Bonchev–Trinajstić information content (AvgIpc) is 2.96. The molecule has 0 bridgehead atoms. The molecule has 1 N–H and O–H groups in total. The molecule has 0 saturated carbocycles. The number of hydrogen-bond acceptors (Lipinski definition) is 4. The second kappa shape index (κ2) is 8.91. The van der Waals surface area contributed by atoms with Crippen LogP contribution in [0.1, 0.15) is 16.8 Å². The number of nitrogens with zero attached hydrogens (tertiary/aromatic N) is 3. The quantitative estimate of drug-likeness (QED) is 0.480. The molecule has 0 aliphatic carbocycles. The number of hydrogen-bond donors (Lipinski definition) is 1. The highest BCUT2D eigenvalue weighted by Crippen LogP contribution is 2.22. The maximum Gasteiger partial charge on any atom is 0.277 e. The Morgan fingerprint density at radius 1 is 1.14 bits per heavy atom. The number of hydrazone groups is 1. The molecule has 0 unspecified atom stereocenters. The monoisotopic (exact) mass is 416 g/mol. The van der Waals surface area contributed by atoms with Gasteiger partial charge in [0.2, 0.25) is 0 Å². The van der Waals surface area contributed by atoms with Crippen molar-refractivity contribution in [2.24, 2.45) is 5.10 Å². The molecule has 1 heterocycles. The number of halogens is 2. The van der Waals surface area contributed by atoms with E-state index in [1.807, 2.05) is 38.1 Å². The number of rotatable bonds is 6. The molecular weight excluding hydrogens is 399 g/mol. The Labute approximate surface area is 172 Å². The fourth-order valence-corrected chi connectivity index (χ4v) is 2.84. The van der Waals surface area contributed by atoms with Crippen molar-refractivity contribution in [3.8, 4) is 11.4 Å². The van der Waals surface area contributed by atoms with Crippen LogP contribution in [0.5, 0.6) is 5.75 Å². The average molecular weight is 417 g/mol. The highest BCUT2D eigenvalue weighted by atomic mass is 35.5. The predicted octanol–water partition coefficient (Wildman–Crippen LogP) is 4.33. The van der Waals surface area contributed by atoms with Gasteiger partial charge in [-0.1, -0.05) is 40.9 Å². The zero-order chi connectivity index (χ0) is 20.1. The third-order valence-electron chi connectivity index (χ3n) is 3.89. The number of aryl methyl sites for hydroxylation is 2. The molecule has 144 valence electrons. The molecule has 0 spiro atoms. The lowest BCUT2D eigenvalue weighted by atomic mass is 10.2. The highest BCUT2D eigenvalue weighted by Gasteiger charge is 2.13. The number of amides is 1. The summed E-state index contributed by atoms with van der Waals surface area (Å²) in [7, 11) is 0. The van der Waals surface area contributed by atoms with Crippen molar-refractivity contribution in [3.63, 3.8) is 0 Å². The van der Waals surface area contributed by atoms with Crippen LogP contribution >= 0.6 is 23.2 Å². The highest BCUT2D eigenvalue weighted by molar-refractivity contribution is 6.32. The molecule has 2 aromatic carbocycles. The van der Waals surface area contributed by atoms with E-state index in [-0.39, 0.29) is 6.61 Å². The summed E-state index contributed by atoms with van der Waals surface area (Å²) in [5.41, 5.74) is 5.72. The van der Waals surface area contributed by atoms with E-state index in [0.29, 0.717) is 27.2 Å². The van der Waals surface area contributed by atoms with Crippen molar-refractivity contribution in [3.05, 3.63) is 75.5 Å². The molecule has 28 heavy (non-hydrogen) atoms. The van der Waals surface area contributed by atoms with Gasteiger partial charge in [-0.25, -0.2) is 10.1 Å². The second-order valence-electron chi connectivity index (χ2n) is 6.07. The van der Waals surface area contributed by atoms with Crippen molar-refractivity contribution in [2.45, 2.75) is 13.8 Å². The Kier molecular flexibility index (Phi) is 6.34. The molecule has 3 aromatic rings. The van der Waals surface area contributed by atoms with Gasteiger partial charge in [0.1, 0.15) is 10.9 Å². The number of benzene rings is 2. The largest absolute Gasteiger partial charge is 0.484 e. The summed E-state index contributed by atoms with van der Waals surface area (Å²) >= 11 is 12.2. The summed E-state index contributed by atoms with van der Waals surface area (Å²) < 4.78 is 6.99. The van der Waals surface area contributed by atoms with Gasteiger partial charge in [-0.3, -0.25) is 4.79 Å². The van der Waals surface area contributed by atoms with Crippen LogP contribution in [-0.2, 0) is 4.79 Å². The summed E-state index contributed by atoms with van der Waals surface area (Å²) in [6, 6.07) is 14.6. The van der Waals surface area contributed by atoms with Crippen molar-refractivity contribution in [2.75, 3.05) is 6.61 Å². The van der Waals surface area contributed by atoms with Crippen LogP contribution in [0.15, 0.2) is 53.6 Å². The number of aromatic nitrogens is 2. The van der Waals surface area contributed by atoms with Crippen LogP contribution in [0.3, 0.4) is 0 Å². The summed E-state index contributed by atoms with van der Waals surface area (Å²) in [5, 5.41) is 9.39. The molecule has 3 rings (SSSR count). The van der Waals surface area contributed by atoms with E-state index in [1.165, 1.54) is 6.21 Å². The Morgan fingerprint density at radius 2 is 1.82 bits per heavy atom. The Morgan fingerprint density at radius 3 is 2.50 bits per heavy atom. The number of ether oxygens (including phenoxy) is 1. The standard InChI is InChI=1S/C20H18Cl2N4O2/c1-13-3-7-16(8-4-13)26-20(22)18(14(2)25-26)11-23-24-19(27)12-28-17-9-5-15(21)6-10-17/h3-11H,12H2,1-2H3,(H,24,27)/b23-11-. The molecule has 6 nitrogen and oxygen atoms in total. The van der Waals surface area contributed by atoms with Crippen LogP contribution in [0, 0.1) is 13.8 Å². The fourth-order valence-electron chi connectivity index (χ4n) is 2.40. The molecule has 1 amide bonds. The maximum absolute atomic E-state index is 11.9. The van der Waals surface area contributed by atoms with Crippen molar-refractivity contribution in [1.82, 2.24) is 15.2 Å². The maximum atomic E-state index is 11.9. The topological polar surface area (TPSA) is 68.5 Å². The van der Waals surface area contributed by atoms with Gasteiger partial charge in [0.25, 0.3) is 5.91 Å². The third kappa shape index (κ3) is 4.91. The minimum Gasteiger partial charge on any atom is -0.484 e. The number of nitrogens with one attached hydrogen (secondary N) is 1. The van der Waals surface area contributed by atoms with Gasteiger partial charge in [-0.05, 0) is 50.2 Å². The van der Waals surface area contributed by atoms with E-state index in [0.717, 1.165) is 11.3 Å². The Hall–Kier alpha value is -2.83. The normalized spacial score (nSPS) is 11.0. The summed E-state index contributed by atoms with van der Waals surface area (Å²) in [4.78, 5) is 11.9. The lowest BCUT2D eigenvalue weighted by molar-refractivity contribution is -0.123. The molecule has 0 atom stereocenters. The third-order valence-corrected chi connectivity index (χ3v) is 4.51. The van der Waals surface area contributed by atoms with Crippen LogP contribution in [0.2, 0.25) is 10.2 Å². The van der Waals surface area contributed by atoms with Gasteiger partial charge < -0.3 is 4.74 Å². The van der Waals surface area contributed by atoms with Crippen LogP contribution in [0.4, 0.5) is 0 Å². The smallest absolute Gasteiger partial charge is 0.277 e. The van der Waals surface area contributed by atoms with E-state index < -0.39 is 5.91 Å². The first-order valence-electron chi connectivity index (χ1n) is 8.46. The molecule has 0 fully saturated rings. The van der Waals surface area contributed by atoms with E-state index in [1.54, 1.807) is 28.9 Å². The molecule has 0 aliphatic heterocycles. The van der Waals surface area contributed by atoms with Gasteiger partial charge in [-0.2, -0.15) is 10.2 Å². The first kappa shape index (κ1) is 19.9. The summed E-state index contributed by atoms with van der Waals surface area (Å²) in [6.07, 6.45) is 1.47. The molecule has 0 aliphatic rings. The minimum atomic E-state index is -0.397. The van der Waals surface area contributed by atoms with Crippen molar-refractivity contribution in [1.29, 1.82) is 0 Å². The molecule has 0 saturated heterocycles. The Bertz CT molecular complexity index is 996. The Balaban J connectivity index is 1.61. The number of carbonyl (C=O) groups is 1.